The van der Waals surface area contributed by atoms with E-state index >= 15 is 0 Å². The maximum atomic E-state index is 13.9. The third-order valence-corrected chi connectivity index (χ3v) is 7.84. The number of sulfonamides is 1. The lowest BCUT2D eigenvalue weighted by atomic mass is 10.00. The lowest BCUT2D eigenvalue weighted by Crippen LogP contribution is -2.51. The Kier molecular flexibility index (Phi) is 7.14. The van der Waals surface area contributed by atoms with Gasteiger partial charge in [-0.2, -0.15) is 9.52 Å². The van der Waals surface area contributed by atoms with E-state index in [0.717, 1.165) is 16.7 Å². The predicted octanol–water partition coefficient (Wildman–Crippen LogP) is 3.32. The van der Waals surface area contributed by atoms with E-state index in [1.54, 1.807) is 31.7 Å². The van der Waals surface area contributed by atoms with E-state index in [4.69, 9.17) is 4.74 Å². The van der Waals surface area contributed by atoms with Gasteiger partial charge in [-0.1, -0.05) is 41.5 Å². The molecule has 10 nitrogen and oxygen atoms in total. The highest BCUT2D eigenvalue weighted by molar-refractivity contribution is 7.89. The number of nitrogens with zero attached hydrogens (tertiary/aromatic N) is 5. The van der Waals surface area contributed by atoms with E-state index in [1.807, 2.05) is 26.0 Å². The number of piperazine rings is 1. The molecule has 2 aromatic carbocycles. The molecule has 3 aromatic rings. The van der Waals surface area contributed by atoms with E-state index in [1.165, 1.54) is 4.31 Å². The van der Waals surface area contributed by atoms with Crippen molar-refractivity contribution in [2.75, 3.05) is 26.2 Å². The summed E-state index contributed by atoms with van der Waals surface area (Å²) < 4.78 is 34.6. The summed E-state index contributed by atoms with van der Waals surface area (Å²) in [5.74, 6) is 0.319. The van der Waals surface area contributed by atoms with Crippen LogP contribution in [0.2, 0.25) is 0 Å². The Morgan fingerprint density at radius 2 is 1.69 bits per heavy atom. The second-order valence-electron chi connectivity index (χ2n) is 10.1. The Morgan fingerprint density at radius 1 is 1.03 bits per heavy atom. The van der Waals surface area contributed by atoms with Gasteiger partial charge in [0.15, 0.2) is 0 Å². The number of nitrogens with one attached hydrogen (secondary N) is 1. The van der Waals surface area contributed by atoms with E-state index in [9.17, 15) is 13.2 Å². The minimum atomic E-state index is -3.86. The van der Waals surface area contributed by atoms with Gasteiger partial charge in [0.05, 0.1) is 4.90 Å². The summed E-state index contributed by atoms with van der Waals surface area (Å²) in [6, 6.07) is 11.4. The first-order valence-corrected chi connectivity index (χ1v) is 13.3. The van der Waals surface area contributed by atoms with Gasteiger partial charge in [0, 0.05) is 31.7 Å². The summed E-state index contributed by atoms with van der Waals surface area (Å²) >= 11 is 0. The number of carbonyl (C=O) groups excluding carboxylic acids is 1. The highest BCUT2D eigenvalue weighted by atomic mass is 32.2. The number of benzene rings is 2. The van der Waals surface area contributed by atoms with Crippen molar-refractivity contribution >= 4 is 16.1 Å². The second-order valence-corrected chi connectivity index (χ2v) is 12.0. The Morgan fingerprint density at radius 3 is 2.28 bits per heavy atom. The molecule has 1 aliphatic heterocycles. The van der Waals surface area contributed by atoms with Crippen LogP contribution in [0.1, 0.15) is 43.0 Å². The minimum Gasteiger partial charge on any atom is -0.444 e. The van der Waals surface area contributed by atoms with Crippen molar-refractivity contribution in [3.8, 4) is 11.4 Å². The number of aromatic nitrogens is 4. The maximum Gasteiger partial charge on any atom is 0.410 e. The molecule has 0 saturated carbocycles. The Hall–Kier alpha value is -3.31. The van der Waals surface area contributed by atoms with Gasteiger partial charge >= 0.3 is 6.09 Å². The summed E-state index contributed by atoms with van der Waals surface area (Å²) in [5.41, 5.74) is 3.90. The molecule has 1 saturated heterocycles. The van der Waals surface area contributed by atoms with Crippen LogP contribution in [0.15, 0.2) is 41.3 Å². The first-order valence-electron chi connectivity index (χ1n) is 11.8. The first-order chi connectivity index (χ1) is 16.9. The van der Waals surface area contributed by atoms with Crippen LogP contribution in [0.4, 0.5) is 4.79 Å². The molecule has 0 spiro atoms. The first kappa shape index (κ1) is 25.8. The van der Waals surface area contributed by atoms with Crippen molar-refractivity contribution in [1.29, 1.82) is 0 Å². The van der Waals surface area contributed by atoms with Gasteiger partial charge in [0.25, 0.3) is 0 Å². The van der Waals surface area contributed by atoms with Gasteiger partial charge in [-0.05, 0) is 63.4 Å². The summed E-state index contributed by atoms with van der Waals surface area (Å²) in [6.07, 6.45) is 0.0238. The van der Waals surface area contributed by atoms with Gasteiger partial charge in [0.1, 0.15) is 5.60 Å². The molecule has 0 radical (unpaired) electrons. The third kappa shape index (κ3) is 5.90. The molecule has 11 heteroatoms. The third-order valence-electron chi connectivity index (χ3n) is 5.85. The summed E-state index contributed by atoms with van der Waals surface area (Å²) in [4.78, 5) is 14.2. The molecule has 1 aromatic heterocycles. The van der Waals surface area contributed by atoms with Crippen molar-refractivity contribution in [1.82, 2.24) is 29.8 Å². The second kappa shape index (κ2) is 9.98. The summed E-state index contributed by atoms with van der Waals surface area (Å²) in [7, 11) is -3.86. The Bertz CT molecular complexity index is 1320. The van der Waals surface area contributed by atoms with Crippen LogP contribution in [-0.2, 0) is 21.2 Å². The highest BCUT2D eigenvalue weighted by Gasteiger charge is 2.33. The normalized spacial score (nSPS) is 15.2. The fourth-order valence-electron chi connectivity index (χ4n) is 4.33. The molecule has 1 aliphatic rings. The average Bonchev–Trinajstić information content (AvgIpc) is 3.32. The summed E-state index contributed by atoms with van der Waals surface area (Å²) in [5, 5.41) is 14.0. The number of rotatable bonds is 5. The number of aromatic amines is 1. The Labute approximate surface area is 211 Å². The Balaban J connectivity index is 1.64. The van der Waals surface area contributed by atoms with Crippen LogP contribution in [0.25, 0.3) is 11.4 Å². The monoisotopic (exact) mass is 512 g/mol. The molecule has 0 aliphatic carbocycles. The van der Waals surface area contributed by atoms with Crippen LogP contribution in [0, 0.1) is 13.8 Å². The number of ether oxygens (including phenoxy) is 1. The molecular formula is C25H32N6O4S. The zero-order valence-electron chi connectivity index (χ0n) is 21.3. The zero-order chi connectivity index (χ0) is 26.1. The van der Waals surface area contributed by atoms with Crippen LogP contribution >= 0.6 is 0 Å². The molecule has 1 amide bonds. The molecule has 36 heavy (non-hydrogen) atoms. The van der Waals surface area contributed by atoms with E-state index in [-0.39, 0.29) is 31.1 Å². The lowest BCUT2D eigenvalue weighted by Gasteiger charge is -2.35. The van der Waals surface area contributed by atoms with Crippen molar-refractivity contribution in [3.63, 3.8) is 0 Å². The predicted molar refractivity (Wildman–Crippen MR) is 135 cm³/mol. The van der Waals surface area contributed by atoms with Gasteiger partial charge in [0.2, 0.25) is 15.8 Å². The van der Waals surface area contributed by atoms with Crippen LogP contribution in [0.5, 0.6) is 0 Å². The molecule has 1 fully saturated rings. The number of tetrazole rings is 1. The largest absolute Gasteiger partial charge is 0.444 e. The number of amides is 1. The van der Waals surface area contributed by atoms with Crippen molar-refractivity contribution in [2.24, 2.45) is 0 Å². The number of aryl methyl sites for hydroxylation is 2. The highest BCUT2D eigenvalue weighted by Crippen LogP contribution is 2.29. The maximum absolute atomic E-state index is 13.9. The topological polar surface area (TPSA) is 121 Å². The molecular weight excluding hydrogens is 480 g/mol. The molecule has 0 unspecified atom stereocenters. The van der Waals surface area contributed by atoms with Crippen LogP contribution < -0.4 is 0 Å². The smallest absolute Gasteiger partial charge is 0.410 e. The number of carbonyl (C=O) groups is 1. The van der Waals surface area contributed by atoms with Crippen LogP contribution in [0.3, 0.4) is 0 Å². The SMILES string of the molecule is Cc1cc(C)cc(Cc2ccc(-c3nn[nH]n3)cc2S(=O)(=O)N2CCN(C(=O)OC(C)(C)C)CC2)c1. The van der Waals surface area contributed by atoms with Crippen LogP contribution in [-0.4, -0.2) is 76.1 Å². The molecule has 0 atom stereocenters. The van der Waals surface area contributed by atoms with Gasteiger partial charge < -0.3 is 9.64 Å². The van der Waals surface area contributed by atoms with Crippen molar-refractivity contribution in [3.05, 3.63) is 58.7 Å². The minimum absolute atomic E-state index is 0.178. The quantitative estimate of drug-likeness (QED) is 0.557. The van der Waals surface area contributed by atoms with E-state index in [0.29, 0.717) is 23.4 Å². The fourth-order valence-corrected chi connectivity index (χ4v) is 6.00. The zero-order valence-corrected chi connectivity index (χ0v) is 22.1. The van der Waals surface area contributed by atoms with Gasteiger partial charge in [-0.15, -0.1) is 10.2 Å². The standard InChI is InChI=1S/C25H32N6O4S/c1-17-12-18(2)14-19(13-17)15-20-6-7-21(23-26-28-29-27-23)16-22(20)36(33,34)31-10-8-30(9-11-31)24(32)35-25(3,4)5/h6-7,12-14,16H,8-11,15H2,1-5H3,(H,26,27,28,29). The van der Waals surface area contributed by atoms with E-state index < -0.39 is 21.7 Å². The average molecular weight is 513 g/mol. The van der Waals surface area contributed by atoms with Gasteiger partial charge in [-0.25, -0.2) is 13.2 Å². The van der Waals surface area contributed by atoms with Crippen molar-refractivity contribution < 1.29 is 17.9 Å². The van der Waals surface area contributed by atoms with Crippen molar-refractivity contribution in [2.45, 2.75) is 51.5 Å². The molecule has 1 N–H and O–H groups in total. The number of hydrogen-bond acceptors (Lipinski definition) is 7. The molecule has 0 bridgehead atoms. The molecule has 192 valence electrons. The molecule has 2 heterocycles. The van der Waals surface area contributed by atoms with E-state index in [2.05, 4.69) is 38.8 Å². The van der Waals surface area contributed by atoms with Gasteiger partial charge in [-0.3, -0.25) is 0 Å². The molecule has 4 rings (SSSR count). The summed E-state index contributed by atoms with van der Waals surface area (Å²) in [6.45, 7) is 10.3. The number of hydrogen-bond donors (Lipinski definition) is 1. The lowest BCUT2D eigenvalue weighted by molar-refractivity contribution is 0.0192. The number of H-pyrrole nitrogens is 1. The fraction of sp³-hybridized carbons (Fsp3) is 0.440.